The first-order valence-corrected chi connectivity index (χ1v) is 6.71. The predicted octanol–water partition coefficient (Wildman–Crippen LogP) is 2.25. The lowest BCUT2D eigenvalue weighted by molar-refractivity contribution is 0.0280. The van der Waals surface area contributed by atoms with Gasteiger partial charge in [-0.3, -0.25) is 0 Å². The third-order valence-electron chi connectivity index (χ3n) is 3.12. The second-order valence-corrected chi connectivity index (χ2v) is 5.27. The highest BCUT2D eigenvalue weighted by atomic mass is 79.9. The molecule has 0 aliphatic heterocycles. The molecule has 0 aromatic rings. The van der Waals surface area contributed by atoms with E-state index in [-0.39, 0.29) is 6.10 Å². The Labute approximate surface area is 95.8 Å². The number of aliphatic hydroxyl groups is 1. The minimum absolute atomic E-state index is 0.101. The molecule has 1 rings (SSSR count). The van der Waals surface area contributed by atoms with Gasteiger partial charge in [-0.25, -0.2) is 0 Å². The summed E-state index contributed by atoms with van der Waals surface area (Å²) in [5.74, 6) is 0.661. The van der Waals surface area contributed by atoms with Crippen LogP contribution >= 0.6 is 15.9 Å². The molecule has 0 aromatic heterocycles. The van der Waals surface area contributed by atoms with E-state index in [4.69, 9.17) is 0 Å². The highest BCUT2D eigenvalue weighted by Crippen LogP contribution is 2.23. The molecule has 0 amide bonds. The van der Waals surface area contributed by atoms with Crippen molar-refractivity contribution in [1.29, 1.82) is 0 Å². The van der Waals surface area contributed by atoms with Crippen molar-refractivity contribution in [2.24, 2.45) is 5.92 Å². The Hall–Kier alpha value is 0.400. The smallest absolute Gasteiger partial charge is 0.0695 e. The summed E-state index contributed by atoms with van der Waals surface area (Å²) in [7, 11) is 2.14. The number of nitrogens with zero attached hydrogens (tertiary/aromatic N) is 1. The quantitative estimate of drug-likeness (QED) is 0.787. The van der Waals surface area contributed by atoms with Gasteiger partial charge in [0.05, 0.1) is 6.10 Å². The van der Waals surface area contributed by atoms with E-state index < -0.39 is 0 Å². The van der Waals surface area contributed by atoms with E-state index in [1.165, 1.54) is 12.8 Å². The van der Waals surface area contributed by atoms with Crippen LogP contribution in [0.4, 0.5) is 0 Å². The second-order valence-electron chi connectivity index (χ2n) is 4.62. The average molecular weight is 264 g/mol. The number of hydrogen-bond acceptors (Lipinski definition) is 2. The topological polar surface area (TPSA) is 23.5 Å². The Morgan fingerprint density at radius 2 is 2.07 bits per heavy atom. The average Bonchev–Trinajstić information content (AvgIpc) is 2.18. The van der Waals surface area contributed by atoms with E-state index in [1.54, 1.807) is 0 Å². The van der Waals surface area contributed by atoms with Crippen molar-refractivity contribution in [2.75, 3.05) is 18.9 Å². The zero-order chi connectivity index (χ0) is 10.6. The van der Waals surface area contributed by atoms with Gasteiger partial charge in [0.15, 0.2) is 0 Å². The van der Waals surface area contributed by atoms with E-state index in [2.05, 4.69) is 34.8 Å². The molecule has 0 bridgehead atoms. The molecule has 0 saturated heterocycles. The van der Waals surface area contributed by atoms with Gasteiger partial charge in [0.1, 0.15) is 0 Å². The van der Waals surface area contributed by atoms with Crippen LogP contribution in [0.25, 0.3) is 0 Å². The summed E-state index contributed by atoms with van der Waals surface area (Å²) in [4.78, 5) is 2.33. The van der Waals surface area contributed by atoms with E-state index in [1.807, 2.05) is 0 Å². The molecule has 1 saturated carbocycles. The maximum atomic E-state index is 9.87. The van der Waals surface area contributed by atoms with Crippen LogP contribution in [0.5, 0.6) is 0 Å². The van der Waals surface area contributed by atoms with E-state index >= 15 is 0 Å². The van der Waals surface area contributed by atoms with Gasteiger partial charge in [0.2, 0.25) is 0 Å². The van der Waals surface area contributed by atoms with Crippen molar-refractivity contribution >= 4 is 15.9 Å². The largest absolute Gasteiger partial charge is 0.391 e. The minimum Gasteiger partial charge on any atom is -0.391 e. The summed E-state index contributed by atoms with van der Waals surface area (Å²) in [6.45, 7) is 3.31. The third-order valence-corrected chi connectivity index (χ3v) is 4.23. The van der Waals surface area contributed by atoms with Crippen molar-refractivity contribution in [3.05, 3.63) is 0 Å². The Morgan fingerprint density at radius 1 is 1.43 bits per heavy atom. The van der Waals surface area contributed by atoms with E-state index in [0.29, 0.717) is 12.0 Å². The first kappa shape index (κ1) is 12.5. The number of hydrogen-bond donors (Lipinski definition) is 1. The molecule has 2 nitrogen and oxygen atoms in total. The van der Waals surface area contributed by atoms with Crippen LogP contribution in [0.1, 0.15) is 32.6 Å². The summed E-state index contributed by atoms with van der Waals surface area (Å²) in [6.07, 6.45) is 4.51. The number of halogens is 1. The van der Waals surface area contributed by atoms with Gasteiger partial charge in [-0.2, -0.15) is 0 Å². The lowest BCUT2D eigenvalue weighted by atomic mass is 9.91. The van der Waals surface area contributed by atoms with Gasteiger partial charge in [-0.1, -0.05) is 35.7 Å². The zero-order valence-electron chi connectivity index (χ0n) is 9.25. The summed E-state index contributed by atoms with van der Waals surface area (Å²) < 4.78 is 0. The van der Waals surface area contributed by atoms with Gasteiger partial charge in [0.25, 0.3) is 0 Å². The molecule has 3 unspecified atom stereocenters. The molecule has 1 aliphatic carbocycles. The molecule has 14 heavy (non-hydrogen) atoms. The lowest BCUT2D eigenvalue weighted by Crippen LogP contribution is -2.45. The number of aliphatic hydroxyl groups excluding tert-OH is 1. The van der Waals surface area contributed by atoms with Crippen LogP contribution in [0.2, 0.25) is 0 Å². The molecule has 0 aromatic carbocycles. The van der Waals surface area contributed by atoms with E-state index in [9.17, 15) is 5.11 Å². The van der Waals surface area contributed by atoms with Crippen LogP contribution in [0, 0.1) is 5.92 Å². The van der Waals surface area contributed by atoms with Gasteiger partial charge in [-0.15, -0.1) is 0 Å². The van der Waals surface area contributed by atoms with Gasteiger partial charge in [-0.05, 0) is 25.8 Å². The van der Waals surface area contributed by atoms with Gasteiger partial charge in [0, 0.05) is 17.9 Å². The highest BCUT2D eigenvalue weighted by molar-refractivity contribution is 9.09. The monoisotopic (exact) mass is 263 g/mol. The first-order chi connectivity index (χ1) is 6.65. The molecule has 0 radical (unpaired) electrons. The van der Waals surface area contributed by atoms with Gasteiger partial charge >= 0.3 is 0 Å². The Morgan fingerprint density at radius 3 is 2.64 bits per heavy atom. The summed E-state index contributed by atoms with van der Waals surface area (Å²) in [6, 6.07) is 0.394. The van der Waals surface area contributed by atoms with Crippen molar-refractivity contribution in [2.45, 2.75) is 44.8 Å². The van der Waals surface area contributed by atoms with Crippen LogP contribution in [-0.2, 0) is 0 Å². The molecule has 3 atom stereocenters. The number of likely N-dealkylation sites (N-methyl/N-ethyl adjacent to an activating group) is 1. The molecule has 1 aliphatic rings. The molecule has 3 heteroatoms. The fourth-order valence-corrected chi connectivity index (χ4v) is 2.49. The fourth-order valence-electron chi connectivity index (χ4n) is 2.28. The molecular weight excluding hydrogens is 242 g/mol. The number of alkyl halides is 1. The van der Waals surface area contributed by atoms with Crippen molar-refractivity contribution in [3.8, 4) is 0 Å². The van der Waals surface area contributed by atoms with Crippen molar-refractivity contribution < 1.29 is 5.11 Å². The third kappa shape index (κ3) is 3.52. The second kappa shape index (κ2) is 6.09. The molecular formula is C11H22BrNO. The Bertz CT molecular complexity index is 165. The fraction of sp³-hybridized carbons (Fsp3) is 1.00. The molecule has 0 spiro atoms. The molecule has 1 N–H and O–H groups in total. The Balaban J connectivity index is 2.37. The molecule has 1 fully saturated rings. The van der Waals surface area contributed by atoms with Crippen molar-refractivity contribution in [3.63, 3.8) is 0 Å². The zero-order valence-corrected chi connectivity index (χ0v) is 10.8. The van der Waals surface area contributed by atoms with Crippen LogP contribution in [0.15, 0.2) is 0 Å². The summed E-state index contributed by atoms with van der Waals surface area (Å²) in [5.41, 5.74) is 0. The van der Waals surface area contributed by atoms with Crippen LogP contribution in [-0.4, -0.2) is 41.1 Å². The summed E-state index contributed by atoms with van der Waals surface area (Å²) in [5, 5.41) is 10.9. The van der Waals surface area contributed by atoms with Gasteiger partial charge < -0.3 is 10.0 Å². The molecule has 84 valence electrons. The maximum absolute atomic E-state index is 9.87. The normalized spacial score (nSPS) is 30.6. The summed E-state index contributed by atoms with van der Waals surface area (Å²) >= 11 is 3.49. The maximum Gasteiger partial charge on any atom is 0.0695 e. The standard InChI is InChI=1S/C11H22BrNO/c1-9(7-12)8-13(2)10-5-3-4-6-11(10)14/h9-11,14H,3-8H2,1-2H3. The first-order valence-electron chi connectivity index (χ1n) is 5.59. The van der Waals surface area contributed by atoms with Crippen LogP contribution < -0.4 is 0 Å². The van der Waals surface area contributed by atoms with Crippen LogP contribution in [0.3, 0.4) is 0 Å². The molecule has 0 heterocycles. The predicted molar refractivity (Wildman–Crippen MR) is 63.9 cm³/mol. The minimum atomic E-state index is -0.101. The SMILES string of the molecule is CC(CBr)CN(C)C1CCCCC1O. The Kier molecular flexibility index (Phi) is 5.42. The highest BCUT2D eigenvalue weighted by Gasteiger charge is 2.26. The number of rotatable bonds is 4. The van der Waals surface area contributed by atoms with E-state index in [0.717, 1.165) is 24.7 Å². The lowest BCUT2D eigenvalue weighted by Gasteiger charge is -2.36. The van der Waals surface area contributed by atoms with Crippen molar-refractivity contribution in [1.82, 2.24) is 4.90 Å².